The van der Waals surface area contributed by atoms with Gasteiger partial charge in [0, 0.05) is 18.1 Å². The molecule has 2 aliphatic rings. The molecule has 2 saturated carbocycles. The van der Waals surface area contributed by atoms with Crippen LogP contribution in [0.25, 0.3) is 0 Å². The van der Waals surface area contributed by atoms with Crippen LogP contribution in [0.4, 0.5) is 0 Å². The molecule has 2 rings (SSSR count). The van der Waals surface area contributed by atoms with Crippen LogP contribution in [0.2, 0.25) is 0 Å². The summed E-state index contributed by atoms with van der Waals surface area (Å²) in [4.78, 5) is 2.79. The van der Waals surface area contributed by atoms with E-state index in [1.54, 1.807) is 0 Å². The van der Waals surface area contributed by atoms with Crippen molar-refractivity contribution in [1.29, 1.82) is 0 Å². The third-order valence-electron chi connectivity index (χ3n) is 4.14. The fourth-order valence-electron chi connectivity index (χ4n) is 2.98. The highest BCUT2D eigenvalue weighted by molar-refractivity contribution is 4.91. The Morgan fingerprint density at radius 3 is 2.44 bits per heavy atom. The van der Waals surface area contributed by atoms with Gasteiger partial charge in [-0.05, 0) is 51.0 Å². The minimum Gasteiger partial charge on any atom is -0.328 e. The average Bonchev–Trinajstić information content (AvgIpc) is 3.02. The number of rotatable bonds is 5. The van der Waals surface area contributed by atoms with Gasteiger partial charge in [-0.1, -0.05) is 20.3 Å². The third-order valence-corrected chi connectivity index (χ3v) is 4.14. The van der Waals surface area contributed by atoms with E-state index in [1.165, 1.54) is 51.5 Å². The maximum atomic E-state index is 6.11. The van der Waals surface area contributed by atoms with Crippen LogP contribution in [0.5, 0.6) is 0 Å². The Kier molecular flexibility index (Phi) is 4.26. The molecule has 2 atom stereocenters. The maximum absolute atomic E-state index is 6.11. The summed E-state index contributed by atoms with van der Waals surface area (Å²) in [7, 11) is 0. The van der Waals surface area contributed by atoms with E-state index in [0.29, 0.717) is 6.04 Å². The highest BCUT2D eigenvalue weighted by Gasteiger charge is 2.35. The van der Waals surface area contributed by atoms with Crippen molar-refractivity contribution in [2.45, 2.75) is 76.9 Å². The Labute approximate surface area is 101 Å². The molecule has 0 aromatic carbocycles. The minimum atomic E-state index is 0.471. The average molecular weight is 224 g/mol. The SMILES string of the molecule is CC(C)CCN(C1CC1)C1CCCC(N)C1. The van der Waals surface area contributed by atoms with E-state index < -0.39 is 0 Å². The molecule has 2 N–H and O–H groups in total. The smallest absolute Gasteiger partial charge is 0.0113 e. The van der Waals surface area contributed by atoms with Crippen LogP contribution in [-0.2, 0) is 0 Å². The van der Waals surface area contributed by atoms with Crippen molar-refractivity contribution in [1.82, 2.24) is 4.90 Å². The normalized spacial score (nSPS) is 31.3. The molecule has 0 aromatic rings. The second kappa shape index (κ2) is 5.50. The molecule has 0 bridgehead atoms. The predicted molar refractivity (Wildman–Crippen MR) is 69.4 cm³/mol. The first-order valence-electron chi connectivity index (χ1n) is 7.18. The van der Waals surface area contributed by atoms with Crippen LogP contribution in [0, 0.1) is 5.92 Å². The number of nitrogens with two attached hydrogens (primary N) is 1. The number of hydrogen-bond donors (Lipinski definition) is 1. The second-order valence-electron chi connectivity index (χ2n) is 6.23. The number of hydrogen-bond acceptors (Lipinski definition) is 2. The van der Waals surface area contributed by atoms with Gasteiger partial charge in [-0.3, -0.25) is 4.90 Å². The van der Waals surface area contributed by atoms with Crippen molar-refractivity contribution < 1.29 is 0 Å². The molecule has 2 unspecified atom stereocenters. The summed E-state index contributed by atoms with van der Waals surface area (Å²) in [5.41, 5.74) is 6.11. The second-order valence-corrected chi connectivity index (χ2v) is 6.23. The first kappa shape index (κ1) is 12.4. The van der Waals surface area contributed by atoms with Crippen LogP contribution in [0.1, 0.15) is 58.8 Å². The van der Waals surface area contributed by atoms with E-state index in [1.807, 2.05) is 0 Å². The Balaban J connectivity index is 1.85. The van der Waals surface area contributed by atoms with Crippen molar-refractivity contribution in [3.05, 3.63) is 0 Å². The van der Waals surface area contributed by atoms with Crippen molar-refractivity contribution in [3.8, 4) is 0 Å². The van der Waals surface area contributed by atoms with Crippen molar-refractivity contribution in [3.63, 3.8) is 0 Å². The van der Waals surface area contributed by atoms with E-state index >= 15 is 0 Å². The van der Waals surface area contributed by atoms with Gasteiger partial charge >= 0.3 is 0 Å². The van der Waals surface area contributed by atoms with Gasteiger partial charge < -0.3 is 5.73 Å². The molecule has 16 heavy (non-hydrogen) atoms. The summed E-state index contributed by atoms with van der Waals surface area (Å²) >= 11 is 0. The van der Waals surface area contributed by atoms with Crippen LogP contribution in [0.15, 0.2) is 0 Å². The lowest BCUT2D eigenvalue weighted by molar-refractivity contribution is 0.132. The quantitative estimate of drug-likeness (QED) is 0.778. The molecule has 0 spiro atoms. The van der Waals surface area contributed by atoms with Gasteiger partial charge in [-0.15, -0.1) is 0 Å². The third kappa shape index (κ3) is 3.46. The first-order valence-corrected chi connectivity index (χ1v) is 7.18. The molecular weight excluding hydrogens is 196 g/mol. The fourth-order valence-corrected chi connectivity index (χ4v) is 2.98. The maximum Gasteiger partial charge on any atom is 0.0113 e. The largest absolute Gasteiger partial charge is 0.328 e. The summed E-state index contributed by atoms with van der Waals surface area (Å²) in [5, 5.41) is 0. The lowest BCUT2D eigenvalue weighted by atomic mass is 9.90. The molecule has 0 aromatic heterocycles. The van der Waals surface area contributed by atoms with E-state index in [9.17, 15) is 0 Å². The summed E-state index contributed by atoms with van der Waals surface area (Å²) < 4.78 is 0. The monoisotopic (exact) mass is 224 g/mol. The van der Waals surface area contributed by atoms with Crippen LogP contribution in [-0.4, -0.2) is 29.6 Å². The zero-order valence-corrected chi connectivity index (χ0v) is 11.0. The number of nitrogens with zero attached hydrogens (tertiary/aromatic N) is 1. The lowest BCUT2D eigenvalue weighted by Crippen LogP contribution is -2.44. The molecule has 2 nitrogen and oxygen atoms in total. The molecule has 94 valence electrons. The summed E-state index contributed by atoms with van der Waals surface area (Å²) in [6, 6.07) is 2.18. The van der Waals surface area contributed by atoms with Gasteiger partial charge in [0.15, 0.2) is 0 Å². The highest BCUT2D eigenvalue weighted by Crippen LogP contribution is 2.33. The van der Waals surface area contributed by atoms with Gasteiger partial charge in [-0.25, -0.2) is 0 Å². The summed E-state index contributed by atoms with van der Waals surface area (Å²) in [6.45, 7) is 5.97. The van der Waals surface area contributed by atoms with E-state index in [0.717, 1.165) is 18.0 Å². The van der Waals surface area contributed by atoms with Crippen LogP contribution < -0.4 is 5.73 Å². The Morgan fingerprint density at radius 2 is 1.88 bits per heavy atom. The molecule has 0 aliphatic heterocycles. The van der Waals surface area contributed by atoms with E-state index in [2.05, 4.69) is 18.7 Å². The topological polar surface area (TPSA) is 29.3 Å². The minimum absolute atomic E-state index is 0.471. The lowest BCUT2D eigenvalue weighted by Gasteiger charge is -2.37. The standard InChI is InChI=1S/C14H28N2/c1-11(2)8-9-16(13-6-7-13)14-5-3-4-12(15)10-14/h11-14H,3-10,15H2,1-2H3. The molecule has 2 heteroatoms. The molecule has 2 fully saturated rings. The Hall–Kier alpha value is -0.0800. The van der Waals surface area contributed by atoms with Gasteiger partial charge in [0.1, 0.15) is 0 Å². The van der Waals surface area contributed by atoms with E-state index in [-0.39, 0.29) is 0 Å². The zero-order chi connectivity index (χ0) is 11.5. The van der Waals surface area contributed by atoms with Gasteiger partial charge in [0.2, 0.25) is 0 Å². The molecule has 0 amide bonds. The van der Waals surface area contributed by atoms with Crippen LogP contribution >= 0.6 is 0 Å². The zero-order valence-electron chi connectivity index (χ0n) is 11.0. The summed E-state index contributed by atoms with van der Waals surface area (Å²) in [6.07, 6.45) is 9.45. The molecule has 0 heterocycles. The highest BCUT2D eigenvalue weighted by atomic mass is 15.2. The molecular formula is C14H28N2. The predicted octanol–water partition coefficient (Wildman–Crippen LogP) is 2.77. The van der Waals surface area contributed by atoms with Crippen molar-refractivity contribution in [2.75, 3.05) is 6.54 Å². The first-order chi connectivity index (χ1) is 7.66. The van der Waals surface area contributed by atoms with Gasteiger partial charge in [0.25, 0.3) is 0 Å². The van der Waals surface area contributed by atoms with Crippen molar-refractivity contribution >= 4 is 0 Å². The van der Waals surface area contributed by atoms with Gasteiger partial charge in [-0.2, -0.15) is 0 Å². The van der Waals surface area contributed by atoms with E-state index in [4.69, 9.17) is 5.73 Å². The molecule has 0 saturated heterocycles. The molecule has 0 radical (unpaired) electrons. The van der Waals surface area contributed by atoms with Gasteiger partial charge in [0.05, 0.1) is 0 Å². The van der Waals surface area contributed by atoms with Crippen LogP contribution in [0.3, 0.4) is 0 Å². The summed E-state index contributed by atoms with van der Waals surface area (Å²) in [5.74, 6) is 0.832. The van der Waals surface area contributed by atoms with Crippen molar-refractivity contribution in [2.24, 2.45) is 11.7 Å². The Morgan fingerprint density at radius 1 is 1.12 bits per heavy atom. The fraction of sp³-hybridized carbons (Fsp3) is 1.00. The Bertz CT molecular complexity index is 211. The molecule has 2 aliphatic carbocycles.